The van der Waals surface area contributed by atoms with Gasteiger partial charge in [0, 0.05) is 24.2 Å². The van der Waals surface area contributed by atoms with Crippen molar-refractivity contribution in [3.05, 3.63) is 29.0 Å². The van der Waals surface area contributed by atoms with Gasteiger partial charge in [0.15, 0.2) is 0 Å². The molecule has 1 aliphatic carbocycles. The maximum absolute atomic E-state index is 13.8. The third-order valence-electron chi connectivity index (χ3n) is 3.57. The van der Waals surface area contributed by atoms with Crippen LogP contribution in [0.5, 0.6) is 0 Å². The van der Waals surface area contributed by atoms with Gasteiger partial charge in [0.25, 0.3) is 0 Å². The maximum Gasteiger partial charge on any atom is 0.146 e. The Kier molecular flexibility index (Phi) is 3.89. The number of hydrogen-bond acceptors (Lipinski definition) is 2. The molecule has 0 radical (unpaired) electrons. The highest BCUT2D eigenvalue weighted by molar-refractivity contribution is 6.30. The number of rotatable bonds is 2. The molecule has 2 nitrogen and oxygen atoms in total. The van der Waals surface area contributed by atoms with Crippen LogP contribution < -0.4 is 10.6 Å². The van der Waals surface area contributed by atoms with Crippen LogP contribution in [0.15, 0.2) is 18.2 Å². The summed E-state index contributed by atoms with van der Waals surface area (Å²) in [4.78, 5) is 1.94. The van der Waals surface area contributed by atoms with Gasteiger partial charge in [-0.1, -0.05) is 24.4 Å². The summed E-state index contributed by atoms with van der Waals surface area (Å²) in [5.74, 6) is -0.241. The SMILES string of the molecule is CN(c1cc(Cl)ccc1F)C1CCCCC1N. The van der Waals surface area contributed by atoms with E-state index in [2.05, 4.69) is 0 Å². The molecule has 0 spiro atoms. The van der Waals surface area contributed by atoms with Gasteiger partial charge in [-0.15, -0.1) is 0 Å². The fourth-order valence-corrected chi connectivity index (χ4v) is 2.72. The second kappa shape index (κ2) is 5.23. The first-order valence-electron chi connectivity index (χ1n) is 6.03. The van der Waals surface area contributed by atoms with Crippen molar-refractivity contribution in [2.75, 3.05) is 11.9 Å². The third kappa shape index (κ3) is 2.72. The smallest absolute Gasteiger partial charge is 0.146 e. The van der Waals surface area contributed by atoms with Crippen molar-refractivity contribution in [2.45, 2.75) is 37.8 Å². The predicted octanol–water partition coefficient (Wildman–Crippen LogP) is 3.19. The summed E-state index contributed by atoms with van der Waals surface area (Å²) in [6.45, 7) is 0. The number of halogens is 2. The lowest BCUT2D eigenvalue weighted by atomic mass is 9.90. The van der Waals surface area contributed by atoms with Crippen molar-refractivity contribution in [1.82, 2.24) is 0 Å². The van der Waals surface area contributed by atoms with Crippen LogP contribution in [0.2, 0.25) is 5.02 Å². The minimum atomic E-state index is -0.241. The highest BCUT2D eigenvalue weighted by atomic mass is 35.5. The van der Waals surface area contributed by atoms with E-state index in [1.54, 1.807) is 12.1 Å². The molecule has 17 heavy (non-hydrogen) atoms. The van der Waals surface area contributed by atoms with Gasteiger partial charge in [-0.2, -0.15) is 0 Å². The van der Waals surface area contributed by atoms with E-state index in [0.717, 1.165) is 19.3 Å². The molecule has 0 aliphatic heterocycles. The molecular weight excluding hydrogens is 239 g/mol. The average Bonchev–Trinajstić information content (AvgIpc) is 2.32. The van der Waals surface area contributed by atoms with E-state index >= 15 is 0 Å². The molecule has 0 amide bonds. The van der Waals surface area contributed by atoms with Gasteiger partial charge in [0.1, 0.15) is 5.82 Å². The summed E-state index contributed by atoms with van der Waals surface area (Å²) >= 11 is 5.91. The van der Waals surface area contributed by atoms with Crippen molar-refractivity contribution in [3.63, 3.8) is 0 Å². The van der Waals surface area contributed by atoms with Gasteiger partial charge < -0.3 is 10.6 Å². The molecule has 1 saturated carbocycles. The van der Waals surface area contributed by atoms with Crippen molar-refractivity contribution < 1.29 is 4.39 Å². The monoisotopic (exact) mass is 256 g/mol. The first-order chi connectivity index (χ1) is 8.09. The summed E-state index contributed by atoms with van der Waals surface area (Å²) in [7, 11) is 1.89. The Morgan fingerprint density at radius 2 is 2.06 bits per heavy atom. The predicted molar refractivity (Wildman–Crippen MR) is 70.0 cm³/mol. The molecule has 2 N–H and O–H groups in total. The Labute approximate surface area is 107 Å². The van der Waals surface area contributed by atoms with Crippen molar-refractivity contribution in [2.24, 2.45) is 5.73 Å². The van der Waals surface area contributed by atoms with E-state index in [1.807, 2.05) is 11.9 Å². The van der Waals surface area contributed by atoms with E-state index in [1.165, 1.54) is 12.5 Å². The lowest BCUT2D eigenvalue weighted by Gasteiger charge is -2.37. The molecular formula is C13H18ClFN2. The van der Waals surface area contributed by atoms with Crippen LogP contribution in [0.25, 0.3) is 0 Å². The molecule has 1 aromatic carbocycles. The van der Waals surface area contributed by atoms with Crippen LogP contribution >= 0.6 is 11.6 Å². The standard InChI is InChI=1S/C13H18ClFN2/c1-17(12-5-3-2-4-11(12)16)13-8-9(14)6-7-10(13)15/h6-8,11-12H,2-5,16H2,1H3. The van der Waals surface area contributed by atoms with Crippen LogP contribution in [0.3, 0.4) is 0 Å². The molecule has 0 heterocycles. The van der Waals surface area contributed by atoms with Gasteiger partial charge in [-0.25, -0.2) is 4.39 Å². The zero-order valence-corrected chi connectivity index (χ0v) is 10.8. The van der Waals surface area contributed by atoms with Crippen molar-refractivity contribution in [1.29, 1.82) is 0 Å². The highest BCUT2D eigenvalue weighted by Gasteiger charge is 2.26. The lowest BCUT2D eigenvalue weighted by Crippen LogP contribution is -2.48. The molecule has 1 aromatic rings. The Hall–Kier alpha value is -0.800. The van der Waals surface area contributed by atoms with E-state index in [9.17, 15) is 4.39 Å². The molecule has 94 valence electrons. The minimum Gasteiger partial charge on any atom is -0.368 e. The molecule has 0 aromatic heterocycles. The fourth-order valence-electron chi connectivity index (χ4n) is 2.56. The second-order valence-electron chi connectivity index (χ2n) is 4.72. The molecule has 4 heteroatoms. The summed E-state index contributed by atoms with van der Waals surface area (Å²) in [6.07, 6.45) is 4.36. The van der Waals surface area contributed by atoms with E-state index < -0.39 is 0 Å². The summed E-state index contributed by atoms with van der Waals surface area (Å²) in [5, 5.41) is 0.553. The molecule has 1 fully saturated rings. The van der Waals surface area contributed by atoms with Crippen LogP contribution in [-0.4, -0.2) is 19.1 Å². The molecule has 2 unspecified atom stereocenters. The van der Waals surface area contributed by atoms with Crippen LogP contribution in [0, 0.1) is 5.82 Å². The Morgan fingerprint density at radius 3 is 2.76 bits per heavy atom. The number of benzene rings is 1. The van der Waals surface area contributed by atoms with E-state index in [0.29, 0.717) is 10.7 Å². The number of anilines is 1. The number of hydrogen-bond donors (Lipinski definition) is 1. The van der Waals surface area contributed by atoms with Crippen molar-refractivity contribution >= 4 is 17.3 Å². The van der Waals surface area contributed by atoms with E-state index in [4.69, 9.17) is 17.3 Å². The summed E-state index contributed by atoms with van der Waals surface area (Å²) < 4.78 is 13.8. The number of likely N-dealkylation sites (N-methyl/N-ethyl adjacent to an activating group) is 1. The second-order valence-corrected chi connectivity index (χ2v) is 5.16. The van der Waals surface area contributed by atoms with Gasteiger partial charge in [0.2, 0.25) is 0 Å². The van der Waals surface area contributed by atoms with Crippen LogP contribution in [-0.2, 0) is 0 Å². The molecule has 2 atom stereocenters. The summed E-state index contributed by atoms with van der Waals surface area (Å²) in [5.41, 5.74) is 6.65. The largest absolute Gasteiger partial charge is 0.368 e. The fraction of sp³-hybridized carbons (Fsp3) is 0.538. The number of nitrogens with zero attached hydrogens (tertiary/aromatic N) is 1. The van der Waals surface area contributed by atoms with Gasteiger partial charge in [-0.3, -0.25) is 0 Å². The zero-order valence-electron chi connectivity index (χ0n) is 10.00. The Balaban J connectivity index is 2.23. The Morgan fingerprint density at radius 1 is 1.35 bits per heavy atom. The first kappa shape index (κ1) is 12.7. The van der Waals surface area contributed by atoms with E-state index in [-0.39, 0.29) is 17.9 Å². The summed E-state index contributed by atoms with van der Waals surface area (Å²) in [6, 6.07) is 4.96. The highest BCUT2D eigenvalue weighted by Crippen LogP contribution is 2.29. The lowest BCUT2D eigenvalue weighted by molar-refractivity contribution is 0.371. The molecule has 2 rings (SSSR count). The van der Waals surface area contributed by atoms with Crippen LogP contribution in [0.1, 0.15) is 25.7 Å². The molecule has 0 bridgehead atoms. The van der Waals surface area contributed by atoms with Crippen LogP contribution in [0.4, 0.5) is 10.1 Å². The average molecular weight is 257 g/mol. The maximum atomic E-state index is 13.8. The zero-order chi connectivity index (χ0) is 12.4. The van der Waals surface area contributed by atoms with Crippen molar-refractivity contribution in [3.8, 4) is 0 Å². The van der Waals surface area contributed by atoms with Gasteiger partial charge in [-0.05, 0) is 31.0 Å². The Bertz CT molecular complexity index is 397. The normalized spacial score (nSPS) is 24.7. The quantitative estimate of drug-likeness (QED) is 0.881. The van der Waals surface area contributed by atoms with Gasteiger partial charge in [0.05, 0.1) is 5.69 Å². The molecule has 0 saturated heterocycles. The topological polar surface area (TPSA) is 29.3 Å². The first-order valence-corrected chi connectivity index (χ1v) is 6.41. The number of nitrogens with two attached hydrogens (primary N) is 1. The minimum absolute atomic E-state index is 0.118. The third-order valence-corrected chi connectivity index (χ3v) is 3.80. The van der Waals surface area contributed by atoms with Gasteiger partial charge >= 0.3 is 0 Å². The molecule has 1 aliphatic rings.